The molecule has 3 rings (SSSR count). The van der Waals surface area contributed by atoms with Crippen molar-refractivity contribution in [3.63, 3.8) is 0 Å². The van der Waals surface area contributed by atoms with Crippen molar-refractivity contribution < 1.29 is 9.53 Å². The molecule has 0 spiro atoms. The summed E-state index contributed by atoms with van der Waals surface area (Å²) in [6.07, 6.45) is 6.24. The van der Waals surface area contributed by atoms with Crippen LogP contribution in [0.1, 0.15) is 64.9 Å². The number of hydrogen-bond acceptors (Lipinski definition) is 4. The van der Waals surface area contributed by atoms with Crippen LogP contribution in [0, 0.1) is 12.8 Å². The number of hydrogen-bond donors (Lipinski definition) is 1. The van der Waals surface area contributed by atoms with Crippen LogP contribution in [0.5, 0.6) is 6.01 Å². The summed E-state index contributed by atoms with van der Waals surface area (Å²) in [5.41, 5.74) is 3.79. The summed E-state index contributed by atoms with van der Waals surface area (Å²) in [6.45, 7) is 9.00. The third kappa shape index (κ3) is 7.45. The quantitative estimate of drug-likeness (QED) is 0.318. The summed E-state index contributed by atoms with van der Waals surface area (Å²) < 4.78 is 7.59. The summed E-state index contributed by atoms with van der Waals surface area (Å²) in [5, 5.41) is 7.60. The first-order chi connectivity index (χ1) is 16.0. The molecule has 6 nitrogen and oxygen atoms in total. The maximum atomic E-state index is 12.2. The second kappa shape index (κ2) is 12.2. The van der Waals surface area contributed by atoms with Crippen LogP contribution in [-0.2, 0) is 4.79 Å². The minimum atomic E-state index is 0.0599. The van der Waals surface area contributed by atoms with Gasteiger partial charge in [-0.05, 0) is 43.5 Å². The number of amides is 1. The topological polar surface area (TPSA) is 69.0 Å². The van der Waals surface area contributed by atoms with E-state index in [0.29, 0.717) is 25.0 Å². The molecule has 1 amide bonds. The molecule has 2 aromatic carbocycles. The number of carbonyl (C=O) groups is 1. The molecule has 3 aromatic rings. The van der Waals surface area contributed by atoms with Crippen molar-refractivity contribution in [2.75, 3.05) is 11.9 Å². The van der Waals surface area contributed by atoms with E-state index in [-0.39, 0.29) is 5.91 Å². The first-order valence-electron chi connectivity index (χ1n) is 12.0. The number of nitrogens with zero attached hydrogens (tertiary/aromatic N) is 3. The van der Waals surface area contributed by atoms with Gasteiger partial charge in [-0.15, -0.1) is 5.10 Å². The molecule has 0 saturated carbocycles. The predicted octanol–water partition coefficient (Wildman–Crippen LogP) is 6.58. The zero-order valence-electron chi connectivity index (χ0n) is 20.3. The van der Waals surface area contributed by atoms with Crippen LogP contribution in [0.2, 0.25) is 0 Å². The Morgan fingerprint density at radius 3 is 2.36 bits per heavy atom. The van der Waals surface area contributed by atoms with E-state index in [9.17, 15) is 4.79 Å². The van der Waals surface area contributed by atoms with Crippen LogP contribution in [0.4, 0.5) is 5.69 Å². The van der Waals surface area contributed by atoms with E-state index in [1.165, 1.54) is 24.8 Å². The Hall–Kier alpha value is -3.15. The van der Waals surface area contributed by atoms with Gasteiger partial charge in [0.2, 0.25) is 5.91 Å². The van der Waals surface area contributed by atoms with Gasteiger partial charge in [-0.1, -0.05) is 76.3 Å². The van der Waals surface area contributed by atoms with Gasteiger partial charge in [0.05, 0.1) is 12.3 Å². The lowest BCUT2D eigenvalue weighted by Crippen LogP contribution is -2.11. The maximum Gasteiger partial charge on any atom is 0.336 e. The summed E-state index contributed by atoms with van der Waals surface area (Å²) >= 11 is 0. The Morgan fingerprint density at radius 2 is 1.70 bits per heavy atom. The standard InChI is InChI=1S/C27H36N4O2/c1-5-6-7-8-9-10-25(32)28-23-15-17-24(18-16-23)31-26(22-13-11-21(4)12-14-22)29-27(30-31)33-19-20(2)3/h11-18,20H,5-10,19H2,1-4H3,(H,28,32). The second-order valence-corrected chi connectivity index (χ2v) is 8.96. The molecule has 1 aromatic heterocycles. The highest BCUT2D eigenvalue weighted by molar-refractivity contribution is 5.90. The molecule has 176 valence electrons. The summed E-state index contributed by atoms with van der Waals surface area (Å²) in [6, 6.07) is 16.2. The third-order valence-electron chi connectivity index (χ3n) is 5.35. The average molecular weight is 449 g/mol. The average Bonchev–Trinajstić information content (AvgIpc) is 3.23. The number of aryl methyl sites for hydroxylation is 1. The van der Waals surface area contributed by atoms with E-state index in [1.54, 1.807) is 4.68 Å². The van der Waals surface area contributed by atoms with Gasteiger partial charge in [0, 0.05) is 17.7 Å². The number of aromatic nitrogens is 3. The fourth-order valence-electron chi connectivity index (χ4n) is 3.46. The Morgan fingerprint density at radius 1 is 1.00 bits per heavy atom. The Labute approximate surface area is 197 Å². The van der Waals surface area contributed by atoms with E-state index in [4.69, 9.17) is 4.74 Å². The van der Waals surface area contributed by atoms with Crippen LogP contribution < -0.4 is 10.1 Å². The van der Waals surface area contributed by atoms with Crippen molar-refractivity contribution in [2.24, 2.45) is 5.92 Å². The molecule has 0 aliphatic carbocycles. The van der Waals surface area contributed by atoms with E-state index in [2.05, 4.69) is 55.2 Å². The van der Waals surface area contributed by atoms with Gasteiger partial charge in [0.1, 0.15) is 0 Å². The molecule has 0 radical (unpaired) electrons. The first kappa shape index (κ1) is 24.5. The minimum Gasteiger partial charge on any atom is -0.462 e. The van der Waals surface area contributed by atoms with E-state index < -0.39 is 0 Å². The Bertz CT molecular complexity index is 1010. The lowest BCUT2D eigenvalue weighted by Gasteiger charge is -2.09. The molecule has 0 aliphatic heterocycles. The number of nitrogens with one attached hydrogen (secondary N) is 1. The number of carbonyl (C=O) groups excluding carboxylic acids is 1. The zero-order valence-corrected chi connectivity index (χ0v) is 20.3. The Kier molecular flexibility index (Phi) is 9.04. The number of anilines is 1. The molecule has 0 saturated heterocycles. The molecule has 0 bridgehead atoms. The highest BCUT2D eigenvalue weighted by atomic mass is 16.5. The van der Waals surface area contributed by atoms with Gasteiger partial charge in [-0.25, -0.2) is 4.68 Å². The Balaban J connectivity index is 1.73. The molecule has 0 fully saturated rings. The molecular weight excluding hydrogens is 412 g/mol. The number of ether oxygens (including phenoxy) is 1. The van der Waals surface area contributed by atoms with Crippen LogP contribution >= 0.6 is 0 Å². The van der Waals surface area contributed by atoms with E-state index >= 15 is 0 Å². The lowest BCUT2D eigenvalue weighted by atomic mass is 10.1. The molecular formula is C27H36N4O2. The van der Waals surface area contributed by atoms with Gasteiger partial charge in [-0.2, -0.15) is 4.98 Å². The summed E-state index contributed by atoms with van der Waals surface area (Å²) in [5.74, 6) is 1.16. The van der Waals surface area contributed by atoms with Gasteiger partial charge < -0.3 is 10.1 Å². The molecule has 0 aliphatic rings. The molecule has 6 heteroatoms. The largest absolute Gasteiger partial charge is 0.462 e. The molecule has 0 unspecified atom stereocenters. The van der Waals surface area contributed by atoms with Crippen LogP contribution in [0.3, 0.4) is 0 Å². The van der Waals surface area contributed by atoms with Crippen molar-refractivity contribution in [1.82, 2.24) is 14.8 Å². The van der Waals surface area contributed by atoms with Crippen molar-refractivity contribution in [1.29, 1.82) is 0 Å². The fourth-order valence-corrected chi connectivity index (χ4v) is 3.46. The number of rotatable bonds is 12. The van der Waals surface area contributed by atoms with Gasteiger partial charge in [0.15, 0.2) is 5.82 Å². The maximum absolute atomic E-state index is 12.2. The summed E-state index contributed by atoms with van der Waals surface area (Å²) in [4.78, 5) is 16.9. The van der Waals surface area contributed by atoms with Crippen LogP contribution in [-0.4, -0.2) is 27.3 Å². The monoisotopic (exact) mass is 448 g/mol. The first-order valence-corrected chi connectivity index (χ1v) is 12.0. The van der Waals surface area contributed by atoms with Crippen molar-refractivity contribution in [3.05, 3.63) is 54.1 Å². The second-order valence-electron chi connectivity index (χ2n) is 8.96. The van der Waals surface area contributed by atoms with Crippen molar-refractivity contribution >= 4 is 11.6 Å². The highest BCUT2D eigenvalue weighted by Crippen LogP contribution is 2.25. The van der Waals surface area contributed by atoms with Crippen LogP contribution in [0.25, 0.3) is 17.1 Å². The van der Waals surface area contributed by atoms with E-state index in [1.807, 2.05) is 36.4 Å². The lowest BCUT2D eigenvalue weighted by molar-refractivity contribution is -0.116. The SMILES string of the molecule is CCCCCCCC(=O)Nc1ccc(-n2nc(OCC(C)C)nc2-c2ccc(C)cc2)cc1. The molecule has 0 atom stereocenters. The normalized spacial score (nSPS) is 11.1. The molecule has 33 heavy (non-hydrogen) atoms. The fraction of sp³-hybridized carbons (Fsp3) is 0.444. The van der Waals surface area contributed by atoms with Crippen molar-refractivity contribution in [2.45, 2.75) is 66.2 Å². The predicted molar refractivity (Wildman–Crippen MR) is 134 cm³/mol. The number of unbranched alkanes of at least 4 members (excludes halogenated alkanes) is 4. The zero-order chi connectivity index (χ0) is 23.6. The van der Waals surface area contributed by atoms with E-state index in [0.717, 1.165) is 35.6 Å². The minimum absolute atomic E-state index is 0.0599. The molecule has 1 N–H and O–H groups in total. The molecule has 1 heterocycles. The van der Waals surface area contributed by atoms with Gasteiger partial charge in [0.25, 0.3) is 0 Å². The smallest absolute Gasteiger partial charge is 0.336 e. The van der Waals surface area contributed by atoms with Crippen LogP contribution in [0.15, 0.2) is 48.5 Å². The van der Waals surface area contributed by atoms with Crippen molar-refractivity contribution in [3.8, 4) is 23.1 Å². The van der Waals surface area contributed by atoms with Gasteiger partial charge >= 0.3 is 6.01 Å². The van der Waals surface area contributed by atoms with Gasteiger partial charge in [-0.3, -0.25) is 4.79 Å². The third-order valence-corrected chi connectivity index (χ3v) is 5.35. The highest BCUT2D eigenvalue weighted by Gasteiger charge is 2.15. The summed E-state index contributed by atoms with van der Waals surface area (Å²) in [7, 11) is 0. The number of benzene rings is 2.